The van der Waals surface area contributed by atoms with E-state index in [0.717, 1.165) is 31.5 Å². The number of benzene rings is 1. The summed E-state index contributed by atoms with van der Waals surface area (Å²) in [6, 6.07) is 4.75. The molecule has 0 saturated carbocycles. The first kappa shape index (κ1) is 13.3. The zero-order valence-corrected chi connectivity index (χ0v) is 10.9. The maximum atomic E-state index is 11.9. The molecule has 1 fully saturated rings. The van der Waals surface area contributed by atoms with Crippen molar-refractivity contribution < 1.29 is 9.72 Å². The number of amides is 1. The first-order chi connectivity index (χ1) is 9.06. The summed E-state index contributed by atoms with van der Waals surface area (Å²) in [5.74, 6) is 0.0432. The van der Waals surface area contributed by atoms with Gasteiger partial charge in [-0.1, -0.05) is 0 Å². The molecule has 0 aliphatic carbocycles. The molecule has 102 valence electrons. The predicted octanol–water partition coefficient (Wildman–Crippen LogP) is 1.94. The van der Waals surface area contributed by atoms with Crippen LogP contribution in [0.5, 0.6) is 0 Å². The molecular weight excluding hydrogens is 246 g/mol. The number of hydrogen-bond donors (Lipinski definition) is 1. The Hall–Kier alpha value is -2.11. The molecule has 0 spiro atoms. The van der Waals surface area contributed by atoms with Gasteiger partial charge in [0.2, 0.25) is 5.91 Å². The number of carbonyl (C=O) groups excluding carboxylic acids is 1. The van der Waals surface area contributed by atoms with Crippen molar-refractivity contribution in [2.24, 2.45) is 0 Å². The summed E-state index contributed by atoms with van der Waals surface area (Å²) in [6.45, 7) is 3.60. The van der Waals surface area contributed by atoms with Gasteiger partial charge < -0.3 is 10.2 Å². The molecule has 19 heavy (non-hydrogen) atoms. The second kappa shape index (κ2) is 5.69. The SMILES string of the molecule is Cc1cc(NCC(=O)N2CCCC2)cc([N+](=O)[O-])c1. The standard InChI is InChI=1S/C13H17N3O3/c1-10-6-11(8-12(7-10)16(18)19)14-9-13(17)15-4-2-3-5-15/h6-8,14H,2-5,9H2,1H3. The minimum absolute atomic E-state index is 0.0381. The third-order valence-corrected chi connectivity index (χ3v) is 3.18. The van der Waals surface area contributed by atoms with Crippen LogP contribution in [-0.2, 0) is 4.79 Å². The van der Waals surface area contributed by atoms with E-state index >= 15 is 0 Å². The number of rotatable bonds is 4. The molecule has 1 aromatic carbocycles. The lowest BCUT2D eigenvalue weighted by atomic mass is 10.2. The van der Waals surface area contributed by atoms with Crippen LogP contribution in [0.3, 0.4) is 0 Å². The highest BCUT2D eigenvalue weighted by Crippen LogP contribution is 2.20. The van der Waals surface area contributed by atoms with Crippen molar-refractivity contribution in [3.63, 3.8) is 0 Å². The number of nitro groups is 1. The van der Waals surface area contributed by atoms with E-state index in [2.05, 4.69) is 5.32 Å². The Balaban J connectivity index is 1.98. The van der Waals surface area contributed by atoms with Crippen LogP contribution < -0.4 is 5.32 Å². The fourth-order valence-electron chi connectivity index (χ4n) is 2.23. The number of non-ortho nitro benzene ring substituents is 1. The molecule has 1 saturated heterocycles. The normalized spacial score (nSPS) is 14.5. The molecule has 1 heterocycles. The second-order valence-corrected chi connectivity index (χ2v) is 4.76. The molecule has 6 heteroatoms. The van der Waals surface area contributed by atoms with Crippen molar-refractivity contribution in [2.45, 2.75) is 19.8 Å². The van der Waals surface area contributed by atoms with Gasteiger partial charge in [-0.25, -0.2) is 0 Å². The van der Waals surface area contributed by atoms with Gasteiger partial charge in [-0.3, -0.25) is 14.9 Å². The molecule has 0 atom stereocenters. The van der Waals surface area contributed by atoms with E-state index in [1.54, 1.807) is 13.0 Å². The van der Waals surface area contributed by atoms with Gasteiger partial charge in [-0.05, 0) is 31.4 Å². The number of nitrogens with zero attached hydrogens (tertiary/aromatic N) is 2. The van der Waals surface area contributed by atoms with E-state index < -0.39 is 4.92 Å². The zero-order chi connectivity index (χ0) is 13.8. The number of hydrogen-bond acceptors (Lipinski definition) is 4. The van der Waals surface area contributed by atoms with E-state index in [-0.39, 0.29) is 18.1 Å². The second-order valence-electron chi connectivity index (χ2n) is 4.76. The lowest BCUT2D eigenvalue weighted by Gasteiger charge is -2.16. The van der Waals surface area contributed by atoms with Crippen LogP contribution >= 0.6 is 0 Å². The lowest BCUT2D eigenvalue weighted by molar-refractivity contribution is -0.384. The molecule has 0 radical (unpaired) electrons. The van der Waals surface area contributed by atoms with Crippen molar-refractivity contribution >= 4 is 17.3 Å². The van der Waals surface area contributed by atoms with E-state index in [9.17, 15) is 14.9 Å². The molecule has 6 nitrogen and oxygen atoms in total. The smallest absolute Gasteiger partial charge is 0.271 e. The molecular formula is C13H17N3O3. The van der Waals surface area contributed by atoms with Crippen LogP contribution in [0.4, 0.5) is 11.4 Å². The third kappa shape index (κ3) is 3.43. The number of aryl methyl sites for hydroxylation is 1. The highest BCUT2D eigenvalue weighted by molar-refractivity contribution is 5.81. The summed E-state index contributed by atoms with van der Waals surface area (Å²) in [4.78, 5) is 24.0. The molecule has 1 amide bonds. The Morgan fingerprint density at radius 1 is 1.37 bits per heavy atom. The number of nitro benzene ring substituents is 1. The average Bonchev–Trinajstić information content (AvgIpc) is 2.89. The van der Waals surface area contributed by atoms with Gasteiger partial charge >= 0.3 is 0 Å². The highest BCUT2D eigenvalue weighted by Gasteiger charge is 2.17. The summed E-state index contributed by atoms with van der Waals surface area (Å²) in [6.07, 6.45) is 2.11. The highest BCUT2D eigenvalue weighted by atomic mass is 16.6. The topological polar surface area (TPSA) is 75.5 Å². The minimum atomic E-state index is -0.430. The summed E-state index contributed by atoms with van der Waals surface area (Å²) in [7, 11) is 0. The van der Waals surface area contributed by atoms with Crippen LogP contribution in [0, 0.1) is 17.0 Å². The lowest BCUT2D eigenvalue weighted by Crippen LogP contribution is -2.32. The Morgan fingerprint density at radius 2 is 2.05 bits per heavy atom. The van der Waals surface area contributed by atoms with Crippen molar-refractivity contribution in [2.75, 3.05) is 25.0 Å². The van der Waals surface area contributed by atoms with Crippen molar-refractivity contribution in [1.29, 1.82) is 0 Å². The molecule has 1 aliphatic heterocycles. The average molecular weight is 263 g/mol. The number of nitrogens with one attached hydrogen (secondary N) is 1. The summed E-state index contributed by atoms with van der Waals surface area (Å²) in [5, 5.41) is 13.7. The molecule has 0 aromatic heterocycles. The van der Waals surface area contributed by atoms with Gasteiger partial charge in [0.05, 0.1) is 11.5 Å². The number of anilines is 1. The Kier molecular flexibility index (Phi) is 3.99. The van der Waals surface area contributed by atoms with Crippen LogP contribution in [0.15, 0.2) is 18.2 Å². The minimum Gasteiger partial charge on any atom is -0.376 e. The fraction of sp³-hybridized carbons (Fsp3) is 0.462. The van der Waals surface area contributed by atoms with Gasteiger partial charge in [-0.15, -0.1) is 0 Å². The van der Waals surface area contributed by atoms with E-state index in [0.29, 0.717) is 5.69 Å². The van der Waals surface area contributed by atoms with Gasteiger partial charge in [0.25, 0.3) is 5.69 Å². The quantitative estimate of drug-likeness (QED) is 0.665. The van der Waals surface area contributed by atoms with Gasteiger partial charge in [0.1, 0.15) is 0 Å². The summed E-state index contributed by atoms with van der Waals surface area (Å²) >= 11 is 0. The van der Waals surface area contributed by atoms with E-state index in [4.69, 9.17) is 0 Å². The van der Waals surface area contributed by atoms with Crippen LogP contribution in [0.1, 0.15) is 18.4 Å². The number of carbonyl (C=O) groups is 1. The predicted molar refractivity (Wildman–Crippen MR) is 72.1 cm³/mol. The summed E-state index contributed by atoms with van der Waals surface area (Å²) < 4.78 is 0. The van der Waals surface area contributed by atoms with E-state index in [1.165, 1.54) is 12.1 Å². The van der Waals surface area contributed by atoms with Crippen LogP contribution in [0.25, 0.3) is 0 Å². The summed E-state index contributed by atoms with van der Waals surface area (Å²) in [5.41, 5.74) is 1.45. The Bertz CT molecular complexity index is 496. The van der Waals surface area contributed by atoms with Gasteiger partial charge in [0.15, 0.2) is 0 Å². The van der Waals surface area contributed by atoms with E-state index in [1.807, 2.05) is 4.90 Å². The van der Waals surface area contributed by atoms with Crippen molar-refractivity contribution in [3.05, 3.63) is 33.9 Å². The maximum absolute atomic E-state index is 11.9. The maximum Gasteiger partial charge on any atom is 0.271 e. The first-order valence-electron chi connectivity index (χ1n) is 6.34. The molecule has 1 aliphatic rings. The third-order valence-electron chi connectivity index (χ3n) is 3.18. The first-order valence-corrected chi connectivity index (χ1v) is 6.34. The van der Waals surface area contributed by atoms with Crippen LogP contribution in [-0.4, -0.2) is 35.4 Å². The van der Waals surface area contributed by atoms with Gasteiger partial charge in [-0.2, -0.15) is 0 Å². The molecule has 2 rings (SSSR count). The van der Waals surface area contributed by atoms with Crippen molar-refractivity contribution in [3.8, 4) is 0 Å². The largest absolute Gasteiger partial charge is 0.376 e. The monoisotopic (exact) mass is 263 g/mol. The Labute approximate surface area is 111 Å². The molecule has 1 aromatic rings. The van der Waals surface area contributed by atoms with Gasteiger partial charge in [0, 0.05) is 30.9 Å². The fourth-order valence-corrected chi connectivity index (χ4v) is 2.23. The van der Waals surface area contributed by atoms with Crippen molar-refractivity contribution in [1.82, 2.24) is 4.90 Å². The zero-order valence-electron chi connectivity index (χ0n) is 10.9. The Morgan fingerprint density at radius 3 is 2.68 bits per heavy atom. The molecule has 0 bridgehead atoms. The number of likely N-dealkylation sites (tertiary alicyclic amines) is 1. The molecule has 0 unspecified atom stereocenters. The van der Waals surface area contributed by atoms with Crippen LogP contribution in [0.2, 0.25) is 0 Å². The molecule has 1 N–H and O–H groups in total.